The van der Waals surface area contributed by atoms with E-state index in [2.05, 4.69) is 0 Å². The zero-order chi connectivity index (χ0) is 10.9. The summed E-state index contributed by atoms with van der Waals surface area (Å²) in [6.07, 6.45) is 2.97. The Morgan fingerprint density at radius 2 is 1.73 bits per heavy atom. The van der Waals surface area contributed by atoms with E-state index < -0.39 is 10.0 Å². The average molecular weight is 222 g/mol. The Balaban J connectivity index is 2.57. The summed E-state index contributed by atoms with van der Waals surface area (Å²) in [4.78, 5) is 0.193. The summed E-state index contributed by atoms with van der Waals surface area (Å²) >= 11 is 0. The van der Waals surface area contributed by atoms with Gasteiger partial charge in [-0.25, -0.2) is 12.4 Å². The lowest BCUT2D eigenvalue weighted by atomic mass is 10.3. The zero-order valence-corrected chi connectivity index (χ0v) is 8.68. The zero-order valence-electron chi connectivity index (χ0n) is 7.87. The summed E-state index contributed by atoms with van der Waals surface area (Å²) in [7, 11) is -3.48. The van der Waals surface area contributed by atoms with Gasteiger partial charge in [0, 0.05) is 18.1 Å². The van der Waals surface area contributed by atoms with E-state index in [1.54, 1.807) is 24.3 Å². The quantitative estimate of drug-likeness (QED) is 0.779. The van der Waals surface area contributed by atoms with Crippen LogP contribution in [0.4, 0.5) is 5.69 Å². The Bertz CT molecular complexity index is 559. The molecular formula is C10H10N2O2S. The van der Waals surface area contributed by atoms with Crippen LogP contribution in [-0.2, 0) is 10.0 Å². The monoisotopic (exact) mass is 222 g/mol. The second-order valence-corrected chi connectivity index (χ2v) is 4.93. The summed E-state index contributed by atoms with van der Waals surface area (Å²) in [6.45, 7) is 0. The van der Waals surface area contributed by atoms with E-state index in [9.17, 15) is 8.42 Å². The van der Waals surface area contributed by atoms with Crippen LogP contribution in [0.25, 0.3) is 0 Å². The van der Waals surface area contributed by atoms with E-state index in [1.807, 2.05) is 0 Å². The number of nitrogens with two attached hydrogens (primary N) is 1. The predicted molar refractivity (Wildman–Crippen MR) is 57.9 cm³/mol. The van der Waals surface area contributed by atoms with Crippen molar-refractivity contribution in [1.29, 1.82) is 0 Å². The summed E-state index contributed by atoms with van der Waals surface area (Å²) in [5.41, 5.74) is 5.97. The van der Waals surface area contributed by atoms with Crippen LogP contribution < -0.4 is 5.73 Å². The second-order valence-electron chi connectivity index (χ2n) is 3.09. The van der Waals surface area contributed by atoms with E-state index in [4.69, 9.17) is 5.73 Å². The molecular weight excluding hydrogens is 212 g/mol. The van der Waals surface area contributed by atoms with Gasteiger partial charge in [0.1, 0.15) is 0 Å². The molecule has 1 heterocycles. The third kappa shape index (κ3) is 1.73. The van der Waals surface area contributed by atoms with Crippen LogP contribution in [0.3, 0.4) is 0 Å². The summed E-state index contributed by atoms with van der Waals surface area (Å²) in [5, 5.41) is 0. The first-order valence-electron chi connectivity index (χ1n) is 4.35. The van der Waals surface area contributed by atoms with Crippen molar-refractivity contribution in [3.63, 3.8) is 0 Å². The van der Waals surface area contributed by atoms with E-state index in [0.29, 0.717) is 5.69 Å². The summed E-state index contributed by atoms with van der Waals surface area (Å²) in [6, 6.07) is 9.54. The lowest BCUT2D eigenvalue weighted by Gasteiger charge is -2.05. The van der Waals surface area contributed by atoms with Crippen molar-refractivity contribution in [1.82, 2.24) is 3.97 Å². The number of benzene rings is 1. The summed E-state index contributed by atoms with van der Waals surface area (Å²) < 4.78 is 25.1. The molecule has 0 aliphatic heterocycles. The highest BCUT2D eigenvalue weighted by molar-refractivity contribution is 7.90. The minimum atomic E-state index is -3.48. The minimum absolute atomic E-state index is 0.193. The summed E-state index contributed by atoms with van der Waals surface area (Å²) in [5.74, 6) is 0. The Hall–Kier alpha value is -1.75. The molecule has 0 spiro atoms. The highest BCUT2D eigenvalue weighted by atomic mass is 32.2. The number of anilines is 1. The van der Waals surface area contributed by atoms with E-state index in [-0.39, 0.29) is 4.90 Å². The van der Waals surface area contributed by atoms with Crippen LogP contribution in [0.5, 0.6) is 0 Å². The lowest BCUT2D eigenvalue weighted by Crippen LogP contribution is -2.10. The standard InChI is InChI=1S/C10H10N2O2S/c11-9-4-3-5-10(8-9)15(13,14)12-6-1-2-7-12/h1-8H,11H2. The van der Waals surface area contributed by atoms with Crippen LogP contribution in [0.15, 0.2) is 53.7 Å². The second kappa shape index (κ2) is 3.43. The molecule has 0 atom stereocenters. The topological polar surface area (TPSA) is 65.1 Å². The van der Waals surface area contributed by atoms with Gasteiger partial charge >= 0.3 is 0 Å². The number of nitrogen functional groups attached to an aromatic ring is 1. The normalized spacial score (nSPS) is 11.5. The maximum absolute atomic E-state index is 12.0. The number of aromatic nitrogens is 1. The molecule has 0 aliphatic carbocycles. The van der Waals surface area contributed by atoms with Gasteiger partial charge in [0.2, 0.25) is 0 Å². The van der Waals surface area contributed by atoms with Gasteiger partial charge in [-0.2, -0.15) is 0 Å². The van der Waals surface area contributed by atoms with Gasteiger partial charge in [-0.3, -0.25) is 0 Å². The molecule has 0 amide bonds. The third-order valence-corrected chi connectivity index (χ3v) is 3.66. The molecule has 0 fully saturated rings. The molecule has 1 aromatic carbocycles. The maximum Gasteiger partial charge on any atom is 0.267 e. The molecule has 0 saturated carbocycles. The van der Waals surface area contributed by atoms with Crippen LogP contribution in [0.2, 0.25) is 0 Å². The van der Waals surface area contributed by atoms with Crippen LogP contribution >= 0.6 is 0 Å². The highest BCUT2D eigenvalue weighted by Crippen LogP contribution is 2.16. The van der Waals surface area contributed by atoms with E-state index in [0.717, 1.165) is 3.97 Å². The first-order valence-corrected chi connectivity index (χ1v) is 5.79. The van der Waals surface area contributed by atoms with Gasteiger partial charge in [-0.1, -0.05) is 6.07 Å². The molecule has 1 aromatic heterocycles. The van der Waals surface area contributed by atoms with Crippen LogP contribution in [-0.4, -0.2) is 12.4 Å². The third-order valence-electron chi connectivity index (χ3n) is 2.01. The molecule has 0 saturated heterocycles. The van der Waals surface area contributed by atoms with E-state index in [1.165, 1.54) is 24.5 Å². The Labute approximate surface area is 88.0 Å². The molecule has 78 valence electrons. The number of rotatable bonds is 2. The fraction of sp³-hybridized carbons (Fsp3) is 0. The van der Waals surface area contributed by atoms with Crippen molar-refractivity contribution in [3.05, 3.63) is 48.8 Å². The average Bonchev–Trinajstić information content (AvgIpc) is 2.71. The molecule has 0 unspecified atom stereocenters. The molecule has 4 nitrogen and oxygen atoms in total. The van der Waals surface area contributed by atoms with Gasteiger partial charge in [-0.15, -0.1) is 0 Å². The lowest BCUT2D eigenvalue weighted by molar-refractivity contribution is 0.587. The number of hydrogen-bond donors (Lipinski definition) is 1. The SMILES string of the molecule is Nc1cccc(S(=O)(=O)n2cccc2)c1. The molecule has 5 heteroatoms. The number of nitrogens with zero attached hydrogens (tertiary/aromatic N) is 1. The van der Waals surface area contributed by atoms with Gasteiger partial charge in [0.05, 0.1) is 4.90 Å². The van der Waals surface area contributed by atoms with Gasteiger partial charge in [-0.05, 0) is 30.3 Å². The van der Waals surface area contributed by atoms with Gasteiger partial charge in [0.25, 0.3) is 10.0 Å². The molecule has 2 N–H and O–H groups in total. The Morgan fingerprint density at radius 1 is 1.07 bits per heavy atom. The van der Waals surface area contributed by atoms with E-state index >= 15 is 0 Å². The molecule has 2 aromatic rings. The van der Waals surface area contributed by atoms with Crippen molar-refractivity contribution in [3.8, 4) is 0 Å². The van der Waals surface area contributed by atoms with Crippen molar-refractivity contribution in [2.24, 2.45) is 0 Å². The van der Waals surface area contributed by atoms with Crippen molar-refractivity contribution in [2.75, 3.05) is 5.73 Å². The first kappa shape index (κ1) is 9.79. The van der Waals surface area contributed by atoms with Gasteiger partial charge < -0.3 is 5.73 Å². The van der Waals surface area contributed by atoms with Gasteiger partial charge in [0.15, 0.2) is 0 Å². The Kier molecular flexibility index (Phi) is 2.24. The van der Waals surface area contributed by atoms with Crippen molar-refractivity contribution in [2.45, 2.75) is 4.90 Å². The Morgan fingerprint density at radius 3 is 2.33 bits per heavy atom. The van der Waals surface area contributed by atoms with Crippen LogP contribution in [0.1, 0.15) is 0 Å². The van der Waals surface area contributed by atoms with Crippen molar-refractivity contribution >= 4 is 15.7 Å². The molecule has 2 rings (SSSR count). The highest BCUT2D eigenvalue weighted by Gasteiger charge is 2.14. The number of hydrogen-bond acceptors (Lipinski definition) is 3. The predicted octanol–water partition coefficient (Wildman–Crippen LogP) is 1.31. The van der Waals surface area contributed by atoms with Crippen molar-refractivity contribution < 1.29 is 8.42 Å². The molecule has 0 aliphatic rings. The molecule has 0 radical (unpaired) electrons. The first-order chi connectivity index (χ1) is 7.10. The largest absolute Gasteiger partial charge is 0.399 e. The van der Waals surface area contributed by atoms with Crippen LogP contribution in [0, 0.1) is 0 Å². The molecule has 0 bridgehead atoms. The minimum Gasteiger partial charge on any atom is -0.399 e. The smallest absolute Gasteiger partial charge is 0.267 e. The molecule has 15 heavy (non-hydrogen) atoms. The fourth-order valence-corrected chi connectivity index (χ4v) is 2.52. The fourth-order valence-electron chi connectivity index (χ4n) is 1.28. The maximum atomic E-state index is 12.0.